The molecule has 0 aliphatic heterocycles. The van der Waals surface area contributed by atoms with Crippen molar-refractivity contribution in [1.29, 1.82) is 0 Å². The van der Waals surface area contributed by atoms with E-state index in [0.717, 1.165) is 13.3 Å². The fourth-order valence-electron chi connectivity index (χ4n) is 2.07. The van der Waals surface area contributed by atoms with Crippen molar-refractivity contribution in [3.63, 3.8) is 0 Å². The Balaban J connectivity index is -0.000000640. The van der Waals surface area contributed by atoms with E-state index in [4.69, 9.17) is 9.90 Å². The van der Waals surface area contributed by atoms with Gasteiger partial charge in [0.15, 0.2) is 0 Å². The summed E-state index contributed by atoms with van der Waals surface area (Å²) in [7, 11) is 1.71. The van der Waals surface area contributed by atoms with Gasteiger partial charge in [0.2, 0.25) is 5.91 Å². The van der Waals surface area contributed by atoms with Crippen LogP contribution in [0.2, 0.25) is 0 Å². The van der Waals surface area contributed by atoms with Crippen LogP contribution in [-0.2, 0) is 9.59 Å². The van der Waals surface area contributed by atoms with E-state index in [1.165, 1.54) is 64.2 Å². The Hall–Kier alpha value is -0.0600. The molecule has 0 rings (SSSR count). The van der Waals surface area contributed by atoms with Crippen LogP contribution in [0.3, 0.4) is 0 Å². The van der Waals surface area contributed by atoms with E-state index in [9.17, 15) is 4.79 Å². The number of nitrogens with one attached hydrogen (secondary N) is 1. The first kappa shape index (κ1) is 26.8. The second kappa shape index (κ2) is 23.2. The Morgan fingerprint density at radius 1 is 0.818 bits per heavy atom. The first-order chi connectivity index (χ1) is 10.0. The van der Waals surface area contributed by atoms with Crippen LogP contribution in [0.15, 0.2) is 0 Å². The SMILES string of the molecule is CC(=O)O.CCCCCCCCCCCCCC(=O)NC.[NaH]. The van der Waals surface area contributed by atoms with Gasteiger partial charge in [0.05, 0.1) is 0 Å². The van der Waals surface area contributed by atoms with E-state index >= 15 is 0 Å². The molecule has 128 valence electrons. The van der Waals surface area contributed by atoms with Gasteiger partial charge in [0.1, 0.15) is 0 Å². The molecule has 0 aliphatic carbocycles. The molecule has 0 unspecified atom stereocenters. The first-order valence-electron chi connectivity index (χ1n) is 8.44. The van der Waals surface area contributed by atoms with E-state index in [2.05, 4.69) is 12.2 Å². The van der Waals surface area contributed by atoms with Gasteiger partial charge in [-0.3, -0.25) is 9.59 Å². The van der Waals surface area contributed by atoms with E-state index in [1.54, 1.807) is 7.05 Å². The summed E-state index contributed by atoms with van der Waals surface area (Å²) in [6.07, 6.45) is 15.4. The van der Waals surface area contributed by atoms with Crippen LogP contribution in [0.4, 0.5) is 0 Å². The normalized spacial score (nSPS) is 9.23. The fourth-order valence-corrected chi connectivity index (χ4v) is 2.07. The van der Waals surface area contributed by atoms with E-state index in [0.29, 0.717) is 6.42 Å². The third kappa shape index (κ3) is 32.0. The van der Waals surface area contributed by atoms with Crippen LogP contribution < -0.4 is 5.32 Å². The summed E-state index contributed by atoms with van der Waals surface area (Å²) in [4.78, 5) is 20.0. The molecule has 0 fully saturated rings. The second-order valence-electron chi connectivity index (χ2n) is 5.48. The zero-order valence-corrected chi connectivity index (χ0v) is 14.2. The zero-order valence-electron chi connectivity index (χ0n) is 14.2. The number of carbonyl (C=O) groups excluding carboxylic acids is 1. The number of unbranched alkanes of at least 4 members (excludes halogenated alkanes) is 10. The summed E-state index contributed by atoms with van der Waals surface area (Å²) < 4.78 is 0. The molecule has 0 aliphatic rings. The van der Waals surface area contributed by atoms with Crippen molar-refractivity contribution in [3.8, 4) is 0 Å². The molecule has 0 spiro atoms. The van der Waals surface area contributed by atoms with Crippen molar-refractivity contribution in [3.05, 3.63) is 0 Å². The molecule has 0 saturated heterocycles. The maximum absolute atomic E-state index is 11.0. The molecule has 22 heavy (non-hydrogen) atoms. The Morgan fingerprint density at radius 3 is 1.45 bits per heavy atom. The summed E-state index contributed by atoms with van der Waals surface area (Å²) in [5.41, 5.74) is 0. The Kier molecular flexibility index (Phi) is 28.3. The molecular weight excluding hydrogens is 289 g/mol. The third-order valence-corrected chi connectivity index (χ3v) is 3.29. The van der Waals surface area contributed by atoms with Gasteiger partial charge in [-0.25, -0.2) is 0 Å². The molecular formula is C17H36NNaO3. The van der Waals surface area contributed by atoms with E-state index < -0.39 is 5.97 Å². The van der Waals surface area contributed by atoms with Crippen LogP contribution in [0, 0.1) is 0 Å². The molecule has 0 atom stereocenters. The van der Waals surface area contributed by atoms with Crippen molar-refractivity contribution < 1.29 is 14.7 Å². The number of hydrogen-bond donors (Lipinski definition) is 2. The number of hydrogen-bond acceptors (Lipinski definition) is 2. The quantitative estimate of drug-likeness (QED) is 0.423. The predicted molar refractivity (Wildman–Crippen MR) is 95.6 cm³/mol. The molecule has 0 radical (unpaired) electrons. The Morgan fingerprint density at radius 2 is 1.14 bits per heavy atom. The molecule has 0 aromatic heterocycles. The first-order valence-corrected chi connectivity index (χ1v) is 8.44. The van der Waals surface area contributed by atoms with Gasteiger partial charge in [-0.15, -0.1) is 0 Å². The average Bonchev–Trinajstić information content (AvgIpc) is 2.43. The Labute approximate surface area is 159 Å². The van der Waals surface area contributed by atoms with Crippen molar-refractivity contribution in [2.45, 2.75) is 90.9 Å². The zero-order chi connectivity index (χ0) is 16.3. The van der Waals surface area contributed by atoms with Crippen LogP contribution >= 0.6 is 0 Å². The number of rotatable bonds is 12. The minimum absolute atomic E-state index is 0. The number of aliphatic carboxylic acids is 1. The van der Waals surface area contributed by atoms with Gasteiger partial charge in [-0.2, -0.15) is 0 Å². The molecule has 0 saturated carbocycles. The third-order valence-electron chi connectivity index (χ3n) is 3.29. The average molecular weight is 325 g/mol. The predicted octanol–water partition coefficient (Wildman–Crippen LogP) is 3.88. The van der Waals surface area contributed by atoms with Crippen LogP contribution in [0.25, 0.3) is 0 Å². The second-order valence-corrected chi connectivity index (χ2v) is 5.48. The van der Waals surface area contributed by atoms with E-state index in [1.807, 2.05) is 0 Å². The van der Waals surface area contributed by atoms with Crippen molar-refractivity contribution >= 4 is 41.4 Å². The summed E-state index contributed by atoms with van der Waals surface area (Å²) in [5.74, 6) is -0.652. The van der Waals surface area contributed by atoms with Gasteiger partial charge >= 0.3 is 29.6 Å². The Bertz CT molecular complexity index is 244. The minimum atomic E-state index is -0.833. The monoisotopic (exact) mass is 325 g/mol. The molecule has 0 aromatic carbocycles. The van der Waals surface area contributed by atoms with Crippen LogP contribution in [0.5, 0.6) is 0 Å². The molecule has 1 amide bonds. The molecule has 0 bridgehead atoms. The van der Waals surface area contributed by atoms with Gasteiger partial charge in [-0.05, 0) is 6.42 Å². The van der Waals surface area contributed by atoms with Gasteiger partial charge < -0.3 is 10.4 Å². The summed E-state index contributed by atoms with van der Waals surface area (Å²) in [6, 6.07) is 0. The van der Waals surface area contributed by atoms with Crippen molar-refractivity contribution in [2.75, 3.05) is 7.05 Å². The fraction of sp³-hybridized carbons (Fsp3) is 0.882. The van der Waals surface area contributed by atoms with Crippen LogP contribution in [0.1, 0.15) is 90.9 Å². The maximum atomic E-state index is 11.0. The standard InChI is InChI=1S/C15H31NO.C2H4O2.Na.H/c1-3-4-5-6-7-8-9-10-11-12-13-14-15(17)16-2;1-2(3)4;;/h3-14H2,1-2H3,(H,16,17);1H3,(H,3,4);;. The topological polar surface area (TPSA) is 66.4 Å². The summed E-state index contributed by atoms with van der Waals surface area (Å²) in [5, 5.41) is 10.1. The molecule has 4 nitrogen and oxygen atoms in total. The van der Waals surface area contributed by atoms with Gasteiger partial charge in [0.25, 0.3) is 5.97 Å². The molecule has 2 N–H and O–H groups in total. The molecule has 5 heteroatoms. The molecule has 0 heterocycles. The van der Waals surface area contributed by atoms with Crippen LogP contribution in [-0.4, -0.2) is 53.6 Å². The van der Waals surface area contributed by atoms with Gasteiger partial charge in [-0.1, -0.05) is 71.1 Å². The molecule has 0 aromatic rings. The number of carbonyl (C=O) groups is 2. The summed E-state index contributed by atoms with van der Waals surface area (Å²) >= 11 is 0. The number of carboxylic acid groups (broad SMARTS) is 1. The summed E-state index contributed by atoms with van der Waals surface area (Å²) in [6.45, 7) is 3.35. The number of carboxylic acids is 1. The number of amides is 1. The van der Waals surface area contributed by atoms with E-state index in [-0.39, 0.29) is 35.5 Å². The van der Waals surface area contributed by atoms with Crippen molar-refractivity contribution in [1.82, 2.24) is 5.32 Å². The van der Waals surface area contributed by atoms with Gasteiger partial charge in [0, 0.05) is 20.4 Å². The van der Waals surface area contributed by atoms with Crippen molar-refractivity contribution in [2.24, 2.45) is 0 Å².